The van der Waals surface area contributed by atoms with Crippen LogP contribution in [0.3, 0.4) is 0 Å². The maximum Gasteiger partial charge on any atom is 0.341 e. The molecule has 0 atom stereocenters. The molecule has 0 radical (unpaired) electrons. The van der Waals surface area contributed by atoms with E-state index >= 15 is 0 Å². The van der Waals surface area contributed by atoms with Gasteiger partial charge in [-0.2, -0.15) is 0 Å². The standard InChI is InChI=1S/C43H50N4O8/c1-10-25-27-18-32-43(7,8)21-30(45-32)39(52-9)38-36(41(51)54-13-4)26(11-2)28(47-38)19-31-42(5,6)20-29(44-31)34(37(46-27)35(25)40(50)53-12-3)23-14-16-24(17-15-23)55-22-33(48)49/h14-19,46-47H,10-13,20-22H2,1-9H3,(H,48,49). The summed E-state index contributed by atoms with van der Waals surface area (Å²) in [5.41, 5.74) is 8.36. The number of hydrogen-bond donors (Lipinski definition) is 3. The first-order chi connectivity index (χ1) is 26.2. The van der Waals surface area contributed by atoms with E-state index in [1.54, 1.807) is 33.1 Å². The minimum Gasteiger partial charge on any atom is -0.493 e. The summed E-state index contributed by atoms with van der Waals surface area (Å²) in [6.45, 7) is 15.9. The van der Waals surface area contributed by atoms with Crippen LogP contribution in [0.25, 0.3) is 33.2 Å². The summed E-state index contributed by atoms with van der Waals surface area (Å²) >= 11 is 0. The number of rotatable bonds is 11. The average Bonchev–Trinajstić information content (AvgIpc) is 3.84. The molecular weight excluding hydrogens is 700 g/mol. The SMILES string of the molecule is CCOC(=O)c1c(CC)c2cc3nc(c(-c4ccc(OCC(=O)O)cc4)c4[nH]c(cc5nc(c(OC)c1[nH]2)CC5(C)C)c(CC)c4C(=O)OCC)CC3(C)C. The van der Waals surface area contributed by atoms with Crippen LogP contribution in [0.5, 0.6) is 11.5 Å². The minimum absolute atomic E-state index is 0.191. The lowest BCUT2D eigenvalue weighted by Crippen LogP contribution is -2.15. The number of nitrogens with zero attached hydrogens (tertiary/aromatic N) is 2. The monoisotopic (exact) mass is 750 g/mol. The number of hydrogen-bond acceptors (Lipinski definition) is 9. The van der Waals surface area contributed by atoms with Gasteiger partial charge in [0.2, 0.25) is 0 Å². The molecule has 55 heavy (non-hydrogen) atoms. The van der Waals surface area contributed by atoms with Gasteiger partial charge in [0.15, 0.2) is 12.4 Å². The van der Waals surface area contributed by atoms with Crippen molar-refractivity contribution in [3.8, 4) is 22.6 Å². The van der Waals surface area contributed by atoms with Crippen molar-refractivity contribution in [1.82, 2.24) is 19.9 Å². The molecule has 290 valence electrons. The van der Waals surface area contributed by atoms with E-state index in [0.717, 1.165) is 39.3 Å². The Bertz CT molecular complexity index is 2330. The first kappa shape index (κ1) is 39.1. The van der Waals surface area contributed by atoms with Crippen molar-refractivity contribution >= 4 is 40.0 Å². The number of carbonyl (C=O) groups is 3. The van der Waals surface area contributed by atoms with Gasteiger partial charge < -0.3 is 34.0 Å². The molecule has 4 aromatic rings. The van der Waals surface area contributed by atoms with Gasteiger partial charge in [-0.25, -0.2) is 14.4 Å². The number of esters is 2. The highest BCUT2D eigenvalue weighted by Gasteiger charge is 2.35. The van der Waals surface area contributed by atoms with Gasteiger partial charge in [-0.15, -0.1) is 0 Å². The fourth-order valence-electron chi connectivity index (χ4n) is 7.69. The Morgan fingerprint density at radius 3 is 1.73 bits per heavy atom. The first-order valence-corrected chi connectivity index (χ1v) is 18.9. The zero-order valence-electron chi connectivity index (χ0n) is 33.1. The number of benzene rings is 1. The number of methoxy groups -OCH3 is 1. The molecule has 2 aliphatic heterocycles. The Morgan fingerprint density at radius 2 is 1.24 bits per heavy atom. The molecule has 0 saturated carbocycles. The maximum atomic E-state index is 14.0. The number of aryl methyl sites for hydroxylation is 2. The van der Waals surface area contributed by atoms with Crippen LogP contribution in [0.2, 0.25) is 0 Å². The summed E-state index contributed by atoms with van der Waals surface area (Å²) in [5.74, 6) is -1.13. The smallest absolute Gasteiger partial charge is 0.341 e. The zero-order chi connectivity index (χ0) is 39.8. The van der Waals surface area contributed by atoms with Crippen molar-refractivity contribution < 1.29 is 38.4 Å². The molecule has 0 fully saturated rings. The molecule has 0 unspecified atom stereocenters. The van der Waals surface area contributed by atoms with Crippen LogP contribution in [0.1, 0.15) is 110 Å². The zero-order valence-corrected chi connectivity index (χ0v) is 33.1. The number of aromatic amines is 2. The van der Waals surface area contributed by atoms with Crippen molar-refractivity contribution in [1.29, 1.82) is 0 Å². The van der Waals surface area contributed by atoms with Gasteiger partial charge in [0.05, 0.1) is 53.9 Å². The quantitative estimate of drug-likeness (QED) is 0.128. The lowest BCUT2D eigenvalue weighted by Gasteiger charge is -2.17. The third-order valence-electron chi connectivity index (χ3n) is 10.4. The molecule has 0 saturated heterocycles. The Hall–Kier alpha value is -5.65. The summed E-state index contributed by atoms with van der Waals surface area (Å²) in [6.07, 6.45) is 2.08. The predicted octanol–water partition coefficient (Wildman–Crippen LogP) is 7.97. The van der Waals surface area contributed by atoms with E-state index in [1.165, 1.54) is 0 Å². The Kier molecular flexibility index (Phi) is 10.8. The molecule has 3 aromatic heterocycles. The highest BCUT2D eigenvalue weighted by molar-refractivity contribution is 6.07. The molecule has 0 aliphatic carbocycles. The van der Waals surface area contributed by atoms with E-state index in [4.69, 9.17) is 28.9 Å². The number of carbonyl (C=O) groups excluding carboxylic acids is 2. The highest BCUT2D eigenvalue weighted by atomic mass is 16.5. The fourth-order valence-corrected chi connectivity index (χ4v) is 7.69. The Morgan fingerprint density at radius 1 is 0.745 bits per heavy atom. The molecule has 5 heterocycles. The third-order valence-corrected chi connectivity index (χ3v) is 10.4. The summed E-state index contributed by atoms with van der Waals surface area (Å²) in [7, 11) is 1.58. The summed E-state index contributed by atoms with van der Waals surface area (Å²) in [4.78, 5) is 56.7. The Balaban J connectivity index is 1.86. The van der Waals surface area contributed by atoms with Crippen molar-refractivity contribution in [2.24, 2.45) is 0 Å². The molecule has 12 heteroatoms. The normalized spacial score (nSPS) is 14.3. The van der Waals surface area contributed by atoms with E-state index < -0.39 is 35.3 Å². The number of H-pyrrole nitrogens is 2. The maximum absolute atomic E-state index is 14.0. The molecule has 0 spiro atoms. The number of ether oxygens (including phenoxy) is 4. The minimum atomic E-state index is -1.08. The van der Waals surface area contributed by atoms with Crippen LogP contribution in [-0.2, 0) is 50.8 Å². The molecule has 8 bridgehead atoms. The summed E-state index contributed by atoms with van der Waals surface area (Å²) < 4.78 is 22.9. The van der Waals surface area contributed by atoms with Crippen molar-refractivity contribution in [3.05, 3.63) is 81.4 Å². The van der Waals surface area contributed by atoms with E-state index in [-0.39, 0.29) is 13.2 Å². The lowest BCUT2D eigenvalue weighted by atomic mass is 9.85. The number of aliphatic carboxylic acids is 1. The molecular formula is C43H50N4O8. The van der Waals surface area contributed by atoms with Crippen LogP contribution < -0.4 is 9.47 Å². The lowest BCUT2D eigenvalue weighted by molar-refractivity contribution is -0.139. The second-order valence-corrected chi connectivity index (χ2v) is 15.1. The Labute approximate surface area is 320 Å². The van der Waals surface area contributed by atoms with Gasteiger partial charge in [0.25, 0.3) is 0 Å². The number of carboxylic acid groups (broad SMARTS) is 1. The molecule has 0 amide bonds. The van der Waals surface area contributed by atoms with Crippen LogP contribution in [0.15, 0.2) is 36.4 Å². The van der Waals surface area contributed by atoms with E-state index in [2.05, 4.69) is 37.7 Å². The molecule has 6 rings (SSSR count). The largest absolute Gasteiger partial charge is 0.493 e. The van der Waals surface area contributed by atoms with E-state index in [1.807, 2.05) is 38.1 Å². The average molecular weight is 751 g/mol. The summed E-state index contributed by atoms with van der Waals surface area (Å²) in [5, 5.41) is 9.19. The van der Waals surface area contributed by atoms with E-state index in [0.29, 0.717) is 76.1 Å². The fraction of sp³-hybridized carbons (Fsp3) is 0.419. The van der Waals surface area contributed by atoms with Crippen molar-refractivity contribution in [2.75, 3.05) is 26.9 Å². The van der Waals surface area contributed by atoms with Gasteiger partial charge >= 0.3 is 17.9 Å². The van der Waals surface area contributed by atoms with Gasteiger partial charge in [0, 0.05) is 51.7 Å². The second kappa shape index (κ2) is 15.2. The molecule has 12 nitrogen and oxygen atoms in total. The van der Waals surface area contributed by atoms with Gasteiger partial charge in [-0.05, 0) is 67.6 Å². The highest BCUT2D eigenvalue weighted by Crippen LogP contribution is 2.42. The van der Waals surface area contributed by atoms with Crippen molar-refractivity contribution in [2.45, 2.75) is 91.9 Å². The van der Waals surface area contributed by atoms with Gasteiger partial charge in [-0.3, -0.25) is 9.97 Å². The van der Waals surface area contributed by atoms with Crippen molar-refractivity contribution in [3.63, 3.8) is 0 Å². The van der Waals surface area contributed by atoms with E-state index in [9.17, 15) is 19.5 Å². The van der Waals surface area contributed by atoms with Crippen LogP contribution in [-0.4, -0.2) is 69.9 Å². The van der Waals surface area contributed by atoms with Gasteiger partial charge in [-0.1, -0.05) is 53.7 Å². The van der Waals surface area contributed by atoms with Gasteiger partial charge in [0.1, 0.15) is 5.75 Å². The topological polar surface area (TPSA) is 166 Å². The molecule has 1 aromatic carbocycles. The second-order valence-electron chi connectivity index (χ2n) is 15.1. The molecule has 3 N–H and O–H groups in total. The first-order valence-electron chi connectivity index (χ1n) is 18.9. The number of fused-ring (bicyclic) bond motifs is 8. The third kappa shape index (κ3) is 7.29. The summed E-state index contributed by atoms with van der Waals surface area (Å²) in [6, 6.07) is 11.1. The predicted molar refractivity (Wildman–Crippen MR) is 210 cm³/mol. The van der Waals surface area contributed by atoms with Crippen LogP contribution in [0.4, 0.5) is 0 Å². The number of carboxylic acids is 1. The van der Waals surface area contributed by atoms with Crippen LogP contribution in [0, 0.1) is 0 Å². The number of nitrogens with one attached hydrogen (secondary N) is 2. The number of aromatic nitrogens is 4. The molecule has 2 aliphatic rings. The van der Waals surface area contributed by atoms with Crippen LogP contribution >= 0.6 is 0 Å².